The molecule has 0 aliphatic rings. The van der Waals surface area contributed by atoms with Crippen molar-refractivity contribution in [3.63, 3.8) is 0 Å². The fraction of sp³-hybridized carbons (Fsp3) is 0.188. The monoisotopic (exact) mass is 357 g/mol. The first-order valence-electron chi connectivity index (χ1n) is 6.51. The van der Waals surface area contributed by atoms with Crippen LogP contribution in [0.1, 0.15) is 11.1 Å². The maximum absolute atomic E-state index is 11.9. The zero-order valence-electron chi connectivity index (χ0n) is 12.0. The van der Waals surface area contributed by atoms with Crippen molar-refractivity contribution in [3.05, 3.63) is 56.5 Å². The number of aryl methyl sites for hydroxylation is 2. The quantitative estimate of drug-likeness (QED) is 0.807. The standard InChI is InChI=1S/C16H14Cl3NO2/c1-9-5-12(6-10(2)16(9)19)22-8-15(21)20-11-3-4-13(17)14(18)7-11/h3-7H,8H2,1-2H3,(H,20,21). The summed E-state index contributed by atoms with van der Waals surface area (Å²) in [5.41, 5.74) is 2.37. The minimum absolute atomic E-state index is 0.110. The Labute approximate surface area is 144 Å². The molecule has 1 amide bonds. The normalized spacial score (nSPS) is 10.4. The molecule has 2 rings (SSSR count). The maximum Gasteiger partial charge on any atom is 0.262 e. The van der Waals surface area contributed by atoms with Gasteiger partial charge in [0.15, 0.2) is 6.61 Å². The lowest BCUT2D eigenvalue weighted by Crippen LogP contribution is -2.20. The summed E-state index contributed by atoms with van der Waals surface area (Å²) in [5, 5.41) is 4.20. The Bertz CT molecular complexity index is 694. The number of hydrogen-bond acceptors (Lipinski definition) is 2. The fourth-order valence-corrected chi connectivity index (χ4v) is 2.32. The van der Waals surface area contributed by atoms with Crippen molar-refractivity contribution < 1.29 is 9.53 Å². The number of carbonyl (C=O) groups excluding carboxylic acids is 1. The van der Waals surface area contributed by atoms with E-state index >= 15 is 0 Å². The van der Waals surface area contributed by atoms with Crippen LogP contribution in [0.25, 0.3) is 0 Å². The van der Waals surface area contributed by atoms with Crippen LogP contribution < -0.4 is 10.1 Å². The molecular formula is C16H14Cl3NO2. The molecule has 6 heteroatoms. The average molecular weight is 359 g/mol. The van der Waals surface area contributed by atoms with E-state index in [0.717, 1.165) is 11.1 Å². The second-order valence-electron chi connectivity index (χ2n) is 4.84. The highest BCUT2D eigenvalue weighted by molar-refractivity contribution is 6.42. The van der Waals surface area contributed by atoms with Gasteiger partial charge in [0.1, 0.15) is 5.75 Å². The van der Waals surface area contributed by atoms with Gasteiger partial charge in [0, 0.05) is 10.7 Å². The number of ether oxygens (including phenoxy) is 1. The number of rotatable bonds is 4. The molecule has 0 atom stereocenters. The number of hydrogen-bond donors (Lipinski definition) is 1. The van der Waals surface area contributed by atoms with Gasteiger partial charge in [-0.1, -0.05) is 34.8 Å². The molecule has 0 saturated heterocycles. The summed E-state index contributed by atoms with van der Waals surface area (Å²) >= 11 is 17.8. The minimum atomic E-state index is -0.288. The van der Waals surface area contributed by atoms with Gasteiger partial charge in [-0.2, -0.15) is 0 Å². The Kier molecular flexibility index (Phi) is 5.57. The van der Waals surface area contributed by atoms with Gasteiger partial charge < -0.3 is 10.1 Å². The number of anilines is 1. The lowest BCUT2D eigenvalue weighted by Gasteiger charge is -2.10. The third-order valence-corrected chi connectivity index (χ3v) is 4.32. The summed E-state index contributed by atoms with van der Waals surface area (Å²) < 4.78 is 5.48. The summed E-state index contributed by atoms with van der Waals surface area (Å²) in [4.78, 5) is 11.9. The first-order chi connectivity index (χ1) is 10.4. The van der Waals surface area contributed by atoms with Gasteiger partial charge in [0.25, 0.3) is 5.91 Å². The second kappa shape index (κ2) is 7.23. The molecule has 0 aliphatic heterocycles. The van der Waals surface area contributed by atoms with E-state index in [1.54, 1.807) is 30.3 Å². The van der Waals surface area contributed by atoms with Crippen LogP contribution in [0, 0.1) is 13.8 Å². The highest BCUT2D eigenvalue weighted by Gasteiger charge is 2.08. The van der Waals surface area contributed by atoms with E-state index in [2.05, 4.69) is 5.32 Å². The number of amides is 1. The van der Waals surface area contributed by atoms with Crippen LogP contribution in [0.4, 0.5) is 5.69 Å². The van der Waals surface area contributed by atoms with Gasteiger partial charge in [-0.05, 0) is 55.3 Å². The molecule has 0 aromatic heterocycles. The first-order valence-corrected chi connectivity index (χ1v) is 7.64. The van der Waals surface area contributed by atoms with Gasteiger partial charge in [0.05, 0.1) is 10.0 Å². The zero-order valence-corrected chi connectivity index (χ0v) is 14.3. The van der Waals surface area contributed by atoms with E-state index in [1.807, 2.05) is 13.8 Å². The van der Waals surface area contributed by atoms with E-state index in [9.17, 15) is 4.79 Å². The molecule has 0 spiro atoms. The van der Waals surface area contributed by atoms with E-state index in [-0.39, 0.29) is 12.5 Å². The van der Waals surface area contributed by atoms with Crippen molar-refractivity contribution in [2.24, 2.45) is 0 Å². The van der Waals surface area contributed by atoms with Gasteiger partial charge in [-0.15, -0.1) is 0 Å². The van der Waals surface area contributed by atoms with Crippen LogP contribution in [0.5, 0.6) is 5.75 Å². The van der Waals surface area contributed by atoms with Gasteiger partial charge in [0.2, 0.25) is 0 Å². The highest BCUT2D eigenvalue weighted by atomic mass is 35.5. The van der Waals surface area contributed by atoms with Crippen molar-refractivity contribution in [1.29, 1.82) is 0 Å². The van der Waals surface area contributed by atoms with Crippen molar-refractivity contribution in [2.75, 3.05) is 11.9 Å². The number of benzene rings is 2. The SMILES string of the molecule is Cc1cc(OCC(=O)Nc2ccc(Cl)c(Cl)c2)cc(C)c1Cl. The summed E-state index contributed by atoms with van der Waals surface area (Å²) in [5.74, 6) is 0.312. The topological polar surface area (TPSA) is 38.3 Å². The largest absolute Gasteiger partial charge is 0.484 e. The molecule has 2 aromatic rings. The molecule has 0 fully saturated rings. The van der Waals surface area contributed by atoms with Crippen LogP contribution in [-0.4, -0.2) is 12.5 Å². The van der Waals surface area contributed by atoms with Crippen LogP contribution in [0.3, 0.4) is 0 Å². The summed E-state index contributed by atoms with van der Waals surface area (Å²) in [6.45, 7) is 3.66. The lowest BCUT2D eigenvalue weighted by atomic mass is 10.1. The number of carbonyl (C=O) groups is 1. The zero-order chi connectivity index (χ0) is 16.3. The maximum atomic E-state index is 11.9. The Morgan fingerprint density at radius 1 is 1.05 bits per heavy atom. The third-order valence-electron chi connectivity index (χ3n) is 2.98. The molecule has 0 saturated carbocycles. The molecule has 0 radical (unpaired) electrons. The van der Waals surface area contributed by atoms with E-state index in [4.69, 9.17) is 39.5 Å². The van der Waals surface area contributed by atoms with Crippen LogP contribution >= 0.6 is 34.8 Å². The molecule has 0 aliphatic carbocycles. The molecule has 1 N–H and O–H groups in total. The third kappa shape index (κ3) is 4.29. The van der Waals surface area contributed by atoms with Gasteiger partial charge >= 0.3 is 0 Å². The molecule has 22 heavy (non-hydrogen) atoms. The molecular weight excluding hydrogens is 345 g/mol. The number of halogens is 3. The van der Waals surface area contributed by atoms with Crippen molar-refractivity contribution in [3.8, 4) is 5.75 Å². The fourth-order valence-electron chi connectivity index (χ4n) is 1.91. The Morgan fingerprint density at radius 3 is 2.27 bits per heavy atom. The van der Waals surface area contributed by atoms with E-state index in [1.165, 1.54) is 0 Å². The number of nitrogens with one attached hydrogen (secondary N) is 1. The molecule has 0 heterocycles. The predicted octanol–water partition coefficient (Wildman–Crippen LogP) is 5.28. The molecule has 0 bridgehead atoms. The average Bonchev–Trinajstić information content (AvgIpc) is 2.46. The summed E-state index contributed by atoms with van der Waals surface area (Å²) in [7, 11) is 0. The molecule has 0 unspecified atom stereocenters. The summed E-state index contributed by atoms with van der Waals surface area (Å²) in [6, 6.07) is 8.46. The predicted molar refractivity (Wildman–Crippen MR) is 91.5 cm³/mol. The van der Waals surface area contributed by atoms with Gasteiger partial charge in [-0.25, -0.2) is 0 Å². The van der Waals surface area contributed by atoms with Crippen LogP contribution in [-0.2, 0) is 4.79 Å². The highest BCUT2D eigenvalue weighted by Crippen LogP contribution is 2.26. The molecule has 3 nitrogen and oxygen atoms in total. The Balaban J connectivity index is 1.96. The molecule has 2 aromatic carbocycles. The molecule has 116 valence electrons. The lowest BCUT2D eigenvalue weighted by molar-refractivity contribution is -0.118. The van der Waals surface area contributed by atoms with E-state index < -0.39 is 0 Å². The minimum Gasteiger partial charge on any atom is -0.484 e. The summed E-state index contributed by atoms with van der Waals surface area (Å²) in [6.07, 6.45) is 0. The Morgan fingerprint density at radius 2 is 1.68 bits per heavy atom. The van der Waals surface area contributed by atoms with Gasteiger partial charge in [-0.3, -0.25) is 4.79 Å². The first kappa shape index (κ1) is 16.9. The Hall–Kier alpha value is -1.42. The van der Waals surface area contributed by atoms with Crippen molar-refractivity contribution in [1.82, 2.24) is 0 Å². The smallest absolute Gasteiger partial charge is 0.262 e. The van der Waals surface area contributed by atoms with E-state index in [0.29, 0.717) is 26.5 Å². The van der Waals surface area contributed by atoms with Crippen molar-refractivity contribution in [2.45, 2.75) is 13.8 Å². The van der Waals surface area contributed by atoms with Crippen LogP contribution in [0.2, 0.25) is 15.1 Å². The second-order valence-corrected chi connectivity index (χ2v) is 6.03. The van der Waals surface area contributed by atoms with Crippen molar-refractivity contribution >= 4 is 46.4 Å². The van der Waals surface area contributed by atoms with Crippen LogP contribution in [0.15, 0.2) is 30.3 Å².